The van der Waals surface area contributed by atoms with Crippen LogP contribution in [0.4, 0.5) is 0 Å². The van der Waals surface area contributed by atoms with Gasteiger partial charge in [-0.25, -0.2) is 0 Å². The van der Waals surface area contributed by atoms with Crippen molar-refractivity contribution in [1.82, 2.24) is 10.2 Å². The van der Waals surface area contributed by atoms with Crippen LogP contribution in [0, 0.1) is 0 Å². The number of nitrogens with one attached hydrogen (secondary N) is 1. The van der Waals surface area contributed by atoms with Crippen molar-refractivity contribution in [2.24, 2.45) is 0 Å². The highest BCUT2D eigenvalue weighted by Gasteiger charge is 2.29. The maximum Gasteiger partial charge on any atom is 0.0303 e. The van der Waals surface area contributed by atoms with Crippen LogP contribution in [-0.2, 0) is 0 Å². The second-order valence-corrected chi connectivity index (χ2v) is 6.23. The van der Waals surface area contributed by atoms with Crippen molar-refractivity contribution in [2.45, 2.75) is 51.5 Å². The molecule has 1 heterocycles. The van der Waals surface area contributed by atoms with Gasteiger partial charge in [0.1, 0.15) is 0 Å². The fraction of sp³-hybridized carbons (Fsp3) is 1.00. The maximum absolute atomic E-state index is 3.78. The van der Waals surface area contributed by atoms with Crippen molar-refractivity contribution in [1.29, 1.82) is 0 Å². The van der Waals surface area contributed by atoms with E-state index in [0.29, 0.717) is 5.54 Å². The van der Waals surface area contributed by atoms with Crippen molar-refractivity contribution in [3.05, 3.63) is 0 Å². The molecule has 0 unspecified atom stereocenters. The fourth-order valence-corrected chi connectivity index (χ4v) is 3.21. The van der Waals surface area contributed by atoms with E-state index in [1.165, 1.54) is 64.0 Å². The molecule has 1 aliphatic rings. The highest BCUT2D eigenvalue weighted by molar-refractivity contribution is 7.98. The molecule has 1 aliphatic heterocycles. The Bertz CT molecular complexity index is 193. The number of unbranched alkanes of at least 4 members (excludes halogenated alkanes) is 1. The third kappa shape index (κ3) is 5.19. The molecular weight excluding hydrogens is 228 g/mol. The molecule has 0 aromatic heterocycles. The largest absolute Gasteiger partial charge is 0.310 e. The average Bonchev–Trinajstić information content (AvgIpc) is 2.58. The second kappa shape index (κ2) is 8.39. The van der Waals surface area contributed by atoms with E-state index in [4.69, 9.17) is 0 Å². The fourth-order valence-electron chi connectivity index (χ4n) is 2.72. The van der Waals surface area contributed by atoms with Gasteiger partial charge in [-0.3, -0.25) is 0 Å². The Hall–Kier alpha value is 0.270. The van der Waals surface area contributed by atoms with Crippen LogP contribution in [0.1, 0.15) is 46.0 Å². The summed E-state index contributed by atoms with van der Waals surface area (Å²) in [5, 5.41) is 3.78. The highest BCUT2D eigenvalue weighted by Crippen LogP contribution is 2.20. The summed E-state index contributed by atoms with van der Waals surface area (Å²) >= 11 is 1.97. The summed E-state index contributed by atoms with van der Waals surface area (Å²) in [5.41, 5.74) is 0.385. The predicted octanol–water partition coefficient (Wildman–Crippen LogP) is 2.98. The SMILES string of the molecule is CCC1(CC)CN(CCCCSC)CCCN1. The number of hydrogen-bond donors (Lipinski definition) is 1. The van der Waals surface area contributed by atoms with E-state index in [-0.39, 0.29) is 0 Å². The zero-order valence-corrected chi connectivity index (χ0v) is 12.7. The summed E-state index contributed by atoms with van der Waals surface area (Å²) in [6.07, 6.45) is 8.76. The summed E-state index contributed by atoms with van der Waals surface area (Å²) in [6, 6.07) is 0. The van der Waals surface area contributed by atoms with Gasteiger partial charge in [-0.2, -0.15) is 11.8 Å². The minimum atomic E-state index is 0.385. The van der Waals surface area contributed by atoms with Crippen molar-refractivity contribution in [3.63, 3.8) is 0 Å². The number of rotatable bonds is 7. The van der Waals surface area contributed by atoms with E-state index in [9.17, 15) is 0 Å². The molecule has 0 saturated carbocycles. The van der Waals surface area contributed by atoms with Crippen LogP contribution in [0.25, 0.3) is 0 Å². The molecule has 1 saturated heterocycles. The molecule has 1 fully saturated rings. The van der Waals surface area contributed by atoms with E-state index in [2.05, 4.69) is 30.3 Å². The molecule has 3 heteroatoms. The predicted molar refractivity (Wildman–Crippen MR) is 80.0 cm³/mol. The van der Waals surface area contributed by atoms with Crippen molar-refractivity contribution in [3.8, 4) is 0 Å². The van der Waals surface area contributed by atoms with E-state index < -0.39 is 0 Å². The second-order valence-electron chi connectivity index (χ2n) is 5.24. The first-order valence-corrected chi connectivity index (χ1v) is 8.62. The molecule has 0 amide bonds. The van der Waals surface area contributed by atoms with Gasteiger partial charge in [-0.05, 0) is 63.7 Å². The topological polar surface area (TPSA) is 15.3 Å². The van der Waals surface area contributed by atoms with Crippen LogP contribution < -0.4 is 5.32 Å². The summed E-state index contributed by atoms with van der Waals surface area (Å²) in [4.78, 5) is 2.69. The normalized spacial score (nSPS) is 21.4. The van der Waals surface area contributed by atoms with Gasteiger partial charge in [-0.1, -0.05) is 13.8 Å². The Morgan fingerprint density at radius 3 is 2.65 bits per heavy atom. The Labute approximate surface area is 112 Å². The lowest BCUT2D eigenvalue weighted by molar-refractivity contribution is 0.195. The molecular formula is C14H30N2S. The Balaban J connectivity index is 2.37. The number of hydrogen-bond acceptors (Lipinski definition) is 3. The van der Waals surface area contributed by atoms with Gasteiger partial charge in [0.25, 0.3) is 0 Å². The Morgan fingerprint density at radius 2 is 2.00 bits per heavy atom. The van der Waals surface area contributed by atoms with Crippen molar-refractivity contribution in [2.75, 3.05) is 38.2 Å². The molecule has 0 atom stereocenters. The molecule has 17 heavy (non-hydrogen) atoms. The lowest BCUT2D eigenvalue weighted by atomic mass is 9.92. The molecule has 0 bridgehead atoms. The number of thioether (sulfide) groups is 1. The molecule has 0 spiro atoms. The molecule has 102 valence electrons. The van der Waals surface area contributed by atoms with Gasteiger partial charge in [0.05, 0.1) is 0 Å². The highest BCUT2D eigenvalue weighted by atomic mass is 32.2. The van der Waals surface area contributed by atoms with Crippen LogP contribution in [0.5, 0.6) is 0 Å². The first-order chi connectivity index (χ1) is 8.26. The quantitative estimate of drug-likeness (QED) is 0.707. The summed E-state index contributed by atoms with van der Waals surface area (Å²) in [6.45, 7) is 9.68. The molecule has 2 nitrogen and oxygen atoms in total. The zero-order valence-electron chi connectivity index (χ0n) is 11.9. The summed E-state index contributed by atoms with van der Waals surface area (Å²) in [7, 11) is 0. The lowest BCUT2D eigenvalue weighted by Gasteiger charge is -2.35. The molecule has 0 aromatic carbocycles. The molecule has 1 N–H and O–H groups in total. The van der Waals surface area contributed by atoms with Crippen LogP contribution in [0.3, 0.4) is 0 Å². The van der Waals surface area contributed by atoms with Gasteiger partial charge in [-0.15, -0.1) is 0 Å². The third-order valence-electron chi connectivity index (χ3n) is 4.10. The first-order valence-electron chi connectivity index (χ1n) is 7.22. The zero-order chi connectivity index (χ0) is 12.6. The van der Waals surface area contributed by atoms with E-state index in [0.717, 1.165) is 0 Å². The Morgan fingerprint density at radius 1 is 1.24 bits per heavy atom. The van der Waals surface area contributed by atoms with E-state index in [1.54, 1.807) is 0 Å². The Kier molecular flexibility index (Phi) is 7.56. The third-order valence-corrected chi connectivity index (χ3v) is 4.80. The van der Waals surface area contributed by atoms with Crippen LogP contribution in [0.15, 0.2) is 0 Å². The van der Waals surface area contributed by atoms with E-state index >= 15 is 0 Å². The van der Waals surface area contributed by atoms with Crippen molar-refractivity contribution < 1.29 is 0 Å². The van der Waals surface area contributed by atoms with Gasteiger partial charge in [0, 0.05) is 12.1 Å². The van der Waals surface area contributed by atoms with Gasteiger partial charge < -0.3 is 10.2 Å². The molecule has 0 radical (unpaired) electrons. The van der Waals surface area contributed by atoms with Gasteiger partial charge in [0.2, 0.25) is 0 Å². The monoisotopic (exact) mass is 258 g/mol. The van der Waals surface area contributed by atoms with Gasteiger partial charge in [0.15, 0.2) is 0 Å². The van der Waals surface area contributed by atoms with Gasteiger partial charge >= 0.3 is 0 Å². The van der Waals surface area contributed by atoms with Crippen LogP contribution >= 0.6 is 11.8 Å². The molecule has 0 aliphatic carbocycles. The van der Waals surface area contributed by atoms with E-state index in [1.807, 2.05) is 11.8 Å². The molecule has 1 rings (SSSR count). The lowest BCUT2D eigenvalue weighted by Crippen LogP contribution is -2.50. The van der Waals surface area contributed by atoms with Crippen molar-refractivity contribution >= 4 is 11.8 Å². The minimum Gasteiger partial charge on any atom is -0.310 e. The van der Waals surface area contributed by atoms with Crippen LogP contribution in [-0.4, -0.2) is 48.6 Å². The minimum absolute atomic E-state index is 0.385. The standard InChI is InChI=1S/C14H30N2S/c1-4-14(5-2)13-16(11-8-9-15-14)10-6-7-12-17-3/h15H,4-13H2,1-3H3. The smallest absolute Gasteiger partial charge is 0.0303 e. The summed E-state index contributed by atoms with van der Waals surface area (Å²) in [5.74, 6) is 1.32. The van der Waals surface area contributed by atoms with Crippen LogP contribution in [0.2, 0.25) is 0 Å². The maximum atomic E-state index is 3.78. The summed E-state index contributed by atoms with van der Waals surface area (Å²) < 4.78 is 0. The number of nitrogens with zero attached hydrogens (tertiary/aromatic N) is 1. The molecule has 0 aromatic rings. The average molecular weight is 258 g/mol. The first kappa shape index (κ1) is 15.3.